The summed E-state index contributed by atoms with van der Waals surface area (Å²) in [7, 11) is 0. The van der Waals surface area contributed by atoms with Crippen molar-refractivity contribution >= 4 is 49.1 Å². The lowest BCUT2D eigenvalue weighted by Gasteiger charge is -2.00. The Bertz CT molecular complexity index is 1100. The predicted molar refractivity (Wildman–Crippen MR) is 98.3 cm³/mol. The third-order valence-corrected chi connectivity index (χ3v) is 4.35. The van der Waals surface area contributed by atoms with Gasteiger partial charge < -0.3 is 10.1 Å². The van der Waals surface area contributed by atoms with Gasteiger partial charge in [-0.15, -0.1) is 10.2 Å². The van der Waals surface area contributed by atoms with E-state index in [2.05, 4.69) is 36.1 Å². The Morgan fingerprint density at radius 3 is 2.83 bits per heavy atom. The van der Waals surface area contributed by atoms with Crippen LogP contribution in [0.3, 0.4) is 0 Å². The van der Waals surface area contributed by atoms with Gasteiger partial charge in [-0.1, -0.05) is 34.1 Å². The molecule has 0 saturated carbocycles. The number of nitrogens with one attached hydrogen (secondary N) is 1. The number of hydrogen-bond acceptors (Lipinski definition) is 4. The maximum atomic E-state index is 10.2. The smallest absolute Gasteiger partial charge is 0.218 e. The molecule has 118 valence electrons. The topological polar surface area (TPSA) is 73.6 Å². The summed E-state index contributed by atoms with van der Waals surface area (Å²) < 4.78 is 0.926. The number of H-pyrrole nitrogens is 1. The van der Waals surface area contributed by atoms with Crippen molar-refractivity contribution in [2.75, 3.05) is 0 Å². The minimum absolute atomic E-state index is 0.00291. The molecule has 0 fully saturated rings. The van der Waals surface area contributed by atoms with E-state index in [0.717, 1.165) is 31.8 Å². The number of aryl methyl sites for hydroxylation is 1. The van der Waals surface area contributed by atoms with Gasteiger partial charge in [0, 0.05) is 21.4 Å². The molecule has 2 aromatic carbocycles. The van der Waals surface area contributed by atoms with Gasteiger partial charge in [-0.2, -0.15) is 0 Å². The monoisotopic (exact) mass is 380 g/mol. The first-order valence-electron chi connectivity index (χ1n) is 7.40. The molecule has 0 aliphatic heterocycles. The normalized spacial score (nSPS) is 11.8. The van der Waals surface area contributed by atoms with Crippen LogP contribution in [0.5, 0.6) is 5.88 Å². The lowest BCUT2D eigenvalue weighted by Crippen LogP contribution is -1.77. The zero-order valence-electron chi connectivity index (χ0n) is 12.8. The Labute approximate surface area is 146 Å². The average molecular weight is 381 g/mol. The molecule has 0 unspecified atom stereocenters. The Hall–Kier alpha value is -2.73. The van der Waals surface area contributed by atoms with Crippen LogP contribution in [-0.4, -0.2) is 15.1 Å². The van der Waals surface area contributed by atoms with Crippen LogP contribution in [0.2, 0.25) is 0 Å². The van der Waals surface area contributed by atoms with Gasteiger partial charge in [-0.3, -0.25) is 4.98 Å². The number of benzene rings is 2. The lowest BCUT2D eigenvalue weighted by molar-refractivity contribution is 0.459. The molecule has 0 spiro atoms. The van der Waals surface area contributed by atoms with Crippen LogP contribution in [0.4, 0.5) is 11.4 Å². The van der Waals surface area contributed by atoms with Crippen molar-refractivity contribution in [2.24, 2.45) is 10.2 Å². The van der Waals surface area contributed by atoms with Gasteiger partial charge in [0.05, 0.1) is 11.0 Å². The van der Waals surface area contributed by atoms with Crippen molar-refractivity contribution in [3.05, 3.63) is 58.7 Å². The number of aromatic hydroxyl groups is 1. The Morgan fingerprint density at radius 2 is 1.96 bits per heavy atom. The van der Waals surface area contributed by atoms with Crippen LogP contribution in [0.1, 0.15) is 5.56 Å². The number of nitrogens with zero attached hydrogens (tertiary/aromatic N) is 3. The van der Waals surface area contributed by atoms with Gasteiger partial charge in [-0.25, -0.2) is 0 Å². The molecule has 2 aromatic heterocycles. The number of halogens is 1. The van der Waals surface area contributed by atoms with Crippen LogP contribution in [0.25, 0.3) is 21.8 Å². The molecule has 0 amide bonds. The maximum Gasteiger partial charge on any atom is 0.218 e. The molecule has 0 atom stereocenters. The number of azo groups is 1. The third-order valence-electron chi connectivity index (χ3n) is 3.89. The average Bonchev–Trinajstić information content (AvgIpc) is 2.89. The van der Waals surface area contributed by atoms with Crippen molar-refractivity contribution in [3.63, 3.8) is 0 Å². The third kappa shape index (κ3) is 2.45. The Balaban J connectivity index is 1.87. The lowest BCUT2D eigenvalue weighted by atomic mass is 10.1. The molecule has 0 aliphatic carbocycles. The molecule has 0 saturated heterocycles. The summed E-state index contributed by atoms with van der Waals surface area (Å²) in [4.78, 5) is 7.32. The van der Waals surface area contributed by atoms with Gasteiger partial charge in [0.2, 0.25) is 5.88 Å². The minimum atomic E-state index is 0.00291. The second-order valence-corrected chi connectivity index (χ2v) is 6.44. The highest BCUT2D eigenvalue weighted by molar-refractivity contribution is 9.10. The predicted octanol–water partition coefficient (Wildman–Crippen LogP) is 5.91. The summed E-state index contributed by atoms with van der Waals surface area (Å²) in [6, 6.07) is 13.5. The first-order chi connectivity index (χ1) is 11.6. The summed E-state index contributed by atoms with van der Waals surface area (Å²) in [5.41, 5.74) is 3.72. The van der Waals surface area contributed by atoms with Gasteiger partial charge in [0.25, 0.3) is 0 Å². The van der Waals surface area contributed by atoms with E-state index in [1.54, 1.807) is 6.20 Å². The van der Waals surface area contributed by atoms with Crippen LogP contribution in [0.15, 0.2) is 63.4 Å². The van der Waals surface area contributed by atoms with Crippen molar-refractivity contribution in [1.82, 2.24) is 9.97 Å². The molecule has 0 bridgehead atoms. The van der Waals surface area contributed by atoms with E-state index in [9.17, 15) is 5.11 Å². The van der Waals surface area contributed by atoms with Crippen molar-refractivity contribution in [2.45, 2.75) is 6.92 Å². The molecule has 0 aliphatic rings. The molecule has 2 heterocycles. The summed E-state index contributed by atoms with van der Waals surface area (Å²) in [6.45, 7) is 1.97. The summed E-state index contributed by atoms with van der Waals surface area (Å²) in [5, 5.41) is 20.6. The van der Waals surface area contributed by atoms with Gasteiger partial charge in [0.1, 0.15) is 5.69 Å². The van der Waals surface area contributed by atoms with Crippen LogP contribution >= 0.6 is 15.9 Å². The molecule has 5 nitrogen and oxygen atoms in total. The number of rotatable bonds is 2. The Morgan fingerprint density at radius 1 is 1.12 bits per heavy atom. The van der Waals surface area contributed by atoms with Crippen LogP contribution < -0.4 is 0 Å². The van der Waals surface area contributed by atoms with Gasteiger partial charge >= 0.3 is 0 Å². The van der Waals surface area contributed by atoms with E-state index < -0.39 is 0 Å². The Kier molecular flexibility index (Phi) is 3.54. The molecule has 4 rings (SSSR count). The van der Waals surface area contributed by atoms with Crippen molar-refractivity contribution in [1.29, 1.82) is 0 Å². The molecule has 2 N–H and O–H groups in total. The van der Waals surface area contributed by atoms with E-state index in [0.29, 0.717) is 11.4 Å². The summed E-state index contributed by atoms with van der Waals surface area (Å²) >= 11 is 3.48. The number of hydrogen-bond donors (Lipinski definition) is 2. The minimum Gasteiger partial charge on any atom is -0.493 e. The SMILES string of the molecule is Cc1cc(Br)cc2c(N=Nc3cccc4cccnc34)c(O)[nH]c12. The maximum absolute atomic E-state index is 10.2. The zero-order valence-corrected chi connectivity index (χ0v) is 14.4. The van der Waals surface area contributed by atoms with Crippen LogP contribution in [0, 0.1) is 6.92 Å². The van der Waals surface area contributed by atoms with Crippen molar-refractivity contribution in [3.8, 4) is 5.88 Å². The molecule has 0 radical (unpaired) electrons. The van der Waals surface area contributed by atoms with Crippen LogP contribution in [-0.2, 0) is 0 Å². The van der Waals surface area contributed by atoms with E-state index in [1.165, 1.54) is 0 Å². The summed E-state index contributed by atoms with van der Waals surface area (Å²) in [5.74, 6) is 0.00291. The molecular formula is C18H13BrN4O. The largest absolute Gasteiger partial charge is 0.493 e. The number of fused-ring (bicyclic) bond motifs is 2. The standard InChI is InChI=1S/C18H13BrN4O/c1-10-8-12(19)9-13-15(10)21-18(24)17(13)23-22-14-6-2-4-11-5-3-7-20-16(11)14/h2-9,21,24H,1H3. The first-order valence-corrected chi connectivity index (χ1v) is 8.19. The van der Waals surface area contributed by atoms with Crippen molar-refractivity contribution < 1.29 is 5.11 Å². The molecular weight excluding hydrogens is 368 g/mol. The zero-order chi connectivity index (χ0) is 16.7. The first kappa shape index (κ1) is 14.8. The number of aromatic nitrogens is 2. The molecule has 4 aromatic rings. The fourth-order valence-electron chi connectivity index (χ4n) is 2.77. The fraction of sp³-hybridized carbons (Fsp3) is 0.0556. The number of aromatic amines is 1. The van der Waals surface area contributed by atoms with Gasteiger partial charge in [-0.05, 0) is 36.8 Å². The highest BCUT2D eigenvalue weighted by Gasteiger charge is 2.13. The highest BCUT2D eigenvalue weighted by Crippen LogP contribution is 2.39. The van der Waals surface area contributed by atoms with E-state index in [1.807, 2.05) is 49.4 Å². The molecule has 24 heavy (non-hydrogen) atoms. The van der Waals surface area contributed by atoms with E-state index >= 15 is 0 Å². The second-order valence-electron chi connectivity index (χ2n) is 5.52. The summed E-state index contributed by atoms with van der Waals surface area (Å²) in [6.07, 6.45) is 1.73. The van der Waals surface area contributed by atoms with E-state index in [4.69, 9.17) is 0 Å². The number of para-hydroxylation sites is 1. The second kappa shape index (κ2) is 5.72. The van der Waals surface area contributed by atoms with E-state index in [-0.39, 0.29) is 5.88 Å². The van der Waals surface area contributed by atoms with Gasteiger partial charge in [0.15, 0.2) is 5.69 Å². The highest BCUT2D eigenvalue weighted by atomic mass is 79.9. The number of pyridine rings is 1. The molecule has 6 heteroatoms. The quantitative estimate of drug-likeness (QED) is 0.424. The fourth-order valence-corrected chi connectivity index (χ4v) is 3.35.